The second kappa shape index (κ2) is 6.09. The fourth-order valence-corrected chi connectivity index (χ4v) is 3.47. The second-order valence-electron chi connectivity index (χ2n) is 6.59. The molecule has 1 N–H and O–H groups in total. The molecule has 0 heterocycles. The molecule has 19 heavy (non-hydrogen) atoms. The molecule has 0 amide bonds. The Morgan fingerprint density at radius 1 is 1.16 bits per heavy atom. The third-order valence-electron chi connectivity index (χ3n) is 4.91. The fraction of sp³-hybridized carbons (Fsp3) is 0.667. The minimum atomic E-state index is 0.441. The van der Waals surface area contributed by atoms with Crippen LogP contribution in [0.4, 0.5) is 0 Å². The lowest BCUT2D eigenvalue weighted by molar-refractivity contribution is 0.223. The van der Waals surface area contributed by atoms with Gasteiger partial charge < -0.3 is 5.32 Å². The van der Waals surface area contributed by atoms with E-state index in [1.807, 2.05) is 0 Å². The van der Waals surface area contributed by atoms with E-state index < -0.39 is 0 Å². The van der Waals surface area contributed by atoms with Crippen LogP contribution in [0.5, 0.6) is 0 Å². The lowest BCUT2D eigenvalue weighted by Gasteiger charge is -2.35. The number of benzene rings is 1. The van der Waals surface area contributed by atoms with E-state index in [-0.39, 0.29) is 0 Å². The lowest BCUT2D eigenvalue weighted by atomic mass is 9.76. The third-order valence-corrected chi connectivity index (χ3v) is 4.91. The molecule has 0 saturated heterocycles. The molecule has 0 radical (unpaired) electrons. The quantitative estimate of drug-likeness (QED) is 0.791. The van der Waals surface area contributed by atoms with Crippen molar-refractivity contribution in [3.63, 3.8) is 0 Å². The van der Waals surface area contributed by atoms with E-state index in [0.29, 0.717) is 11.5 Å². The van der Waals surface area contributed by atoms with Crippen LogP contribution < -0.4 is 5.32 Å². The predicted molar refractivity (Wildman–Crippen MR) is 83.5 cm³/mol. The summed E-state index contributed by atoms with van der Waals surface area (Å²) in [4.78, 5) is 0. The van der Waals surface area contributed by atoms with Crippen molar-refractivity contribution in [3.8, 4) is 0 Å². The van der Waals surface area contributed by atoms with Gasteiger partial charge in [-0.2, -0.15) is 0 Å². The van der Waals surface area contributed by atoms with Crippen LogP contribution in [0.1, 0.15) is 68.7 Å². The maximum Gasteiger partial charge on any atom is 0.0374 e. The molecule has 0 aromatic heterocycles. The van der Waals surface area contributed by atoms with Gasteiger partial charge in [0.05, 0.1) is 0 Å². The smallest absolute Gasteiger partial charge is 0.0374 e. The van der Waals surface area contributed by atoms with Crippen LogP contribution >= 0.6 is 0 Å². The van der Waals surface area contributed by atoms with Crippen LogP contribution in [0, 0.1) is 19.3 Å². The first-order valence-electron chi connectivity index (χ1n) is 7.87. The highest BCUT2D eigenvalue weighted by Crippen LogP contribution is 2.47. The first-order chi connectivity index (χ1) is 9.07. The van der Waals surface area contributed by atoms with Gasteiger partial charge in [-0.15, -0.1) is 0 Å². The van der Waals surface area contributed by atoms with Crippen molar-refractivity contribution in [1.29, 1.82) is 0 Å². The summed E-state index contributed by atoms with van der Waals surface area (Å²) in [6.07, 6.45) is 6.72. The molecule has 1 nitrogen and oxygen atoms in total. The summed E-state index contributed by atoms with van der Waals surface area (Å²) in [6.45, 7) is 10.3. The van der Waals surface area contributed by atoms with E-state index in [2.05, 4.69) is 51.2 Å². The number of aryl methyl sites for hydroxylation is 2. The summed E-state index contributed by atoms with van der Waals surface area (Å²) < 4.78 is 0. The zero-order valence-corrected chi connectivity index (χ0v) is 13.1. The van der Waals surface area contributed by atoms with Crippen LogP contribution in [0.2, 0.25) is 0 Å². The Balaban J connectivity index is 2.28. The normalized spacial score (nSPS) is 19.6. The molecule has 2 rings (SSSR count). The minimum absolute atomic E-state index is 0.441. The fourth-order valence-electron chi connectivity index (χ4n) is 3.47. The van der Waals surface area contributed by atoms with Crippen molar-refractivity contribution in [2.24, 2.45) is 5.41 Å². The molecule has 1 unspecified atom stereocenters. The molecule has 0 aliphatic heterocycles. The molecule has 106 valence electrons. The lowest BCUT2D eigenvalue weighted by Crippen LogP contribution is -2.35. The van der Waals surface area contributed by atoms with Gasteiger partial charge in [0, 0.05) is 6.04 Å². The van der Waals surface area contributed by atoms with Gasteiger partial charge >= 0.3 is 0 Å². The highest BCUT2D eigenvalue weighted by atomic mass is 14.9. The van der Waals surface area contributed by atoms with Crippen molar-refractivity contribution < 1.29 is 0 Å². The Kier molecular flexibility index (Phi) is 4.67. The van der Waals surface area contributed by atoms with Crippen molar-refractivity contribution in [3.05, 3.63) is 34.9 Å². The molecule has 1 atom stereocenters. The summed E-state index contributed by atoms with van der Waals surface area (Å²) in [5.41, 5.74) is 4.74. The summed E-state index contributed by atoms with van der Waals surface area (Å²) in [5.74, 6) is 0. The summed E-state index contributed by atoms with van der Waals surface area (Å²) in [7, 11) is 0. The summed E-state index contributed by atoms with van der Waals surface area (Å²) in [6, 6.07) is 7.53. The van der Waals surface area contributed by atoms with Gasteiger partial charge in [0.25, 0.3) is 0 Å². The van der Waals surface area contributed by atoms with E-state index in [4.69, 9.17) is 0 Å². The van der Waals surface area contributed by atoms with Gasteiger partial charge in [0.2, 0.25) is 0 Å². The Morgan fingerprint density at radius 3 is 2.42 bits per heavy atom. The molecule has 1 aromatic carbocycles. The number of nitrogens with one attached hydrogen (secondary N) is 1. The average molecular weight is 259 g/mol. The van der Waals surface area contributed by atoms with E-state index in [0.717, 1.165) is 6.54 Å². The third kappa shape index (κ3) is 3.20. The predicted octanol–water partition coefficient (Wildman–Crippen LogP) is 4.92. The van der Waals surface area contributed by atoms with E-state index in [1.54, 1.807) is 0 Å². The Hall–Kier alpha value is -0.820. The maximum atomic E-state index is 3.81. The van der Waals surface area contributed by atoms with Crippen molar-refractivity contribution >= 4 is 0 Å². The first-order valence-corrected chi connectivity index (χ1v) is 7.87. The highest BCUT2D eigenvalue weighted by molar-refractivity contribution is 5.32. The van der Waals surface area contributed by atoms with Crippen LogP contribution in [-0.2, 0) is 0 Å². The SMILES string of the molecule is CCCNC(c1ccc(C)c(C)c1)C1(C)CCCC1. The molecule has 1 aliphatic rings. The van der Waals surface area contributed by atoms with E-state index in [9.17, 15) is 0 Å². The van der Waals surface area contributed by atoms with Gasteiger partial charge in [-0.1, -0.05) is 44.9 Å². The van der Waals surface area contributed by atoms with Gasteiger partial charge in [0.1, 0.15) is 0 Å². The molecule has 1 saturated carbocycles. The Labute approximate surface area is 118 Å². The zero-order valence-electron chi connectivity index (χ0n) is 13.1. The van der Waals surface area contributed by atoms with Gasteiger partial charge in [0.15, 0.2) is 0 Å². The molecular formula is C18H29N. The molecule has 0 bridgehead atoms. The minimum Gasteiger partial charge on any atom is -0.309 e. The summed E-state index contributed by atoms with van der Waals surface area (Å²) in [5, 5.41) is 3.81. The average Bonchev–Trinajstić information content (AvgIpc) is 2.82. The van der Waals surface area contributed by atoms with Gasteiger partial charge in [-0.05, 0) is 61.8 Å². The molecule has 1 fully saturated rings. The number of rotatable bonds is 5. The summed E-state index contributed by atoms with van der Waals surface area (Å²) >= 11 is 0. The standard InChI is InChI=1S/C18H29N/c1-5-12-19-17(18(4)10-6-7-11-18)16-9-8-14(2)15(3)13-16/h8-9,13,17,19H,5-7,10-12H2,1-4H3. The molecule has 1 aromatic rings. The highest BCUT2D eigenvalue weighted by Gasteiger charge is 2.37. The van der Waals surface area contributed by atoms with Crippen molar-refractivity contribution in [2.45, 2.75) is 65.8 Å². The molecule has 1 aliphatic carbocycles. The van der Waals surface area contributed by atoms with Crippen LogP contribution in [-0.4, -0.2) is 6.54 Å². The second-order valence-corrected chi connectivity index (χ2v) is 6.59. The largest absolute Gasteiger partial charge is 0.309 e. The number of hydrogen-bond acceptors (Lipinski definition) is 1. The number of hydrogen-bond donors (Lipinski definition) is 1. The molecule has 0 spiro atoms. The van der Waals surface area contributed by atoms with Crippen LogP contribution in [0.15, 0.2) is 18.2 Å². The topological polar surface area (TPSA) is 12.0 Å². The van der Waals surface area contributed by atoms with Gasteiger partial charge in [-0.25, -0.2) is 0 Å². The zero-order chi connectivity index (χ0) is 13.9. The first kappa shape index (κ1) is 14.6. The van der Waals surface area contributed by atoms with E-state index >= 15 is 0 Å². The molecule has 1 heteroatoms. The Bertz CT molecular complexity index is 416. The van der Waals surface area contributed by atoms with Crippen molar-refractivity contribution in [1.82, 2.24) is 5.32 Å². The van der Waals surface area contributed by atoms with Gasteiger partial charge in [-0.3, -0.25) is 0 Å². The van der Waals surface area contributed by atoms with Crippen LogP contribution in [0.25, 0.3) is 0 Å². The molecular weight excluding hydrogens is 230 g/mol. The maximum absolute atomic E-state index is 3.81. The Morgan fingerprint density at radius 2 is 1.84 bits per heavy atom. The van der Waals surface area contributed by atoms with Crippen molar-refractivity contribution in [2.75, 3.05) is 6.54 Å². The monoisotopic (exact) mass is 259 g/mol. The van der Waals surface area contributed by atoms with E-state index in [1.165, 1.54) is 48.8 Å². The van der Waals surface area contributed by atoms with Crippen LogP contribution in [0.3, 0.4) is 0 Å².